The van der Waals surface area contributed by atoms with Gasteiger partial charge in [0.05, 0.1) is 6.61 Å². The molecule has 0 fully saturated rings. The Kier molecular flexibility index (Phi) is 7.35. The molecule has 0 amide bonds. The van der Waals surface area contributed by atoms with Crippen LogP contribution in [0.4, 0.5) is 0 Å². The Morgan fingerprint density at radius 1 is 1.44 bits per heavy atom. The highest BCUT2D eigenvalue weighted by Crippen LogP contribution is 1.92. The van der Waals surface area contributed by atoms with E-state index in [9.17, 15) is 14.4 Å². The van der Waals surface area contributed by atoms with Gasteiger partial charge in [0.2, 0.25) is 0 Å². The lowest BCUT2D eigenvalue weighted by Crippen LogP contribution is -2.02. The highest BCUT2D eigenvalue weighted by Gasteiger charge is 2.10. The standard InChI is InChI=1S/C6H10O3.C4H2O3/c1-2-6(8)9-5-3-4-7;5-3-1-2-4(6)7-3/h2,7H,1,3-5H2;1-2H. The highest BCUT2D eigenvalue weighted by molar-refractivity contribution is 6.04. The predicted molar refractivity (Wildman–Crippen MR) is 53.1 cm³/mol. The smallest absolute Gasteiger partial charge is 0.338 e. The Morgan fingerprint density at radius 3 is 2.31 bits per heavy atom. The molecule has 1 heterocycles. The molecular weight excluding hydrogens is 216 g/mol. The molecule has 0 aromatic heterocycles. The minimum Gasteiger partial charge on any atom is -0.462 e. The maximum atomic E-state index is 10.3. The van der Waals surface area contributed by atoms with Crippen LogP contribution in [0.5, 0.6) is 0 Å². The Morgan fingerprint density at radius 2 is 2.00 bits per heavy atom. The van der Waals surface area contributed by atoms with Gasteiger partial charge in [0.1, 0.15) is 0 Å². The van der Waals surface area contributed by atoms with Crippen molar-refractivity contribution in [2.24, 2.45) is 0 Å². The van der Waals surface area contributed by atoms with Crippen molar-refractivity contribution in [2.75, 3.05) is 13.2 Å². The molecule has 6 nitrogen and oxygen atoms in total. The van der Waals surface area contributed by atoms with Crippen LogP contribution in [-0.4, -0.2) is 36.2 Å². The van der Waals surface area contributed by atoms with E-state index in [2.05, 4.69) is 16.1 Å². The largest absolute Gasteiger partial charge is 0.462 e. The van der Waals surface area contributed by atoms with Crippen molar-refractivity contribution in [1.29, 1.82) is 0 Å². The van der Waals surface area contributed by atoms with Gasteiger partial charge in [-0.1, -0.05) is 6.58 Å². The molecule has 0 unspecified atom stereocenters. The zero-order valence-electron chi connectivity index (χ0n) is 8.55. The van der Waals surface area contributed by atoms with E-state index in [-0.39, 0.29) is 13.2 Å². The van der Waals surface area contributed by atoms with E-state index < -0.39 is 17.9 Å². The van der Waals surface area contributed by atoms with Gasteiger partial charge in [0.15, 0.2) is 0 Å². The van der Waals surface area contributed by atoms with Gasteiger partial charge >= 0.3 is 17.9 Å². The summed E-state index contributed by atoms with van der Waals surface area (Å²) < 4.78 is 8.49. The molecule has 0 atom stereocenters. The van der Waals surface area contributed by atoms with Gasteiger partial charge in [0.25, 0.3) is 0 Å². The highest BCUT2D eigenvalue weighted by atomic mass is 16.6. The lowest BCUT2D eigenvalue weighted by atomic mass is 10.5. The van der Waals surface area contributed by atoms with E-state index in [4.69, 9.17) is 5.11 Å². The average Bonchev–Trinajstić information content (AvgIpc) is 2.63. The van der Waals surface area contributed by atoms with Crippen molar-refractivity contribution in [1.82, 2.24) is 0 Å². The Labute approximate surface area is 92.2 Å². The Bertz CT molecular complexity index is 288. The molecule has 1 rings (SSSR count). The van der Waals surface area contributed by atoms with E-state index in [0.29, 0.717) is 6.42 Å². The van der Waals surface area contributed by atoms with E-state index >= 15 is 0 Å². The van der Waals surface area contributed by atoms with Crippen LogP contribution < -0.4 is 0 Å². The van der Waals surface area contributed by atoms with Crippen LogP contribution in [0, 0.1) is 0 Å². The molecule has 0 bridgehead atoms. The number of aliphatic hydroxyl groups is 1. The van der Waals surface area contributed by atoms with Gasteiger partial charge in [-0.25, -0.2) is 14.4 Å². The molecule has 88 valence electrons. The summed E-state index contributed by atoms with van der Waals surface area (Å²) in [4.78, 5) is 30.1. The normalized spacial score (nSPS) is 12.6. The first-order valence-electron chi connectivity index (χ1n) is 4.44. The molecule has 0 saturated carbocycles. The molecule has 1 aliphatic rings. The van der Waals surface area contributed by atoms with E-state index in [1.165, 1.54) is 0 Å². The lowest BCUT2D eigenvalue weighted by Gasteiger charge is -1.96. The van der Waals surface area contributed by atoms with Gasteiger partial charge in [-0.05, 0) is 0 Å². The lowest BCUT2D eigenvalue weighted by molar-refractivity contribution is -0.150. The first kappa shape index (κ1) is 14.1. The first-order chi connectivity index (χ1) is 7.60. The molecular formula is C10H12O6. The maximum Gasteiger partial charge on any atom is 0.338 e. The van der Waals surface area contributed by atoms with Crippen molar-refractivity contribution in [2.45, 2.75) is 6.42 Å². The minimum absolute atomic E-state index is 0.0461. The van der Waals surface area contributed by atoms with E-state index in [1.54, 1.807) is 0 Å². The van der Waals surface area contributed by atoms with Crippen LogP contribution in [0.25, 0.3) is 0 Å². The number of hydrogen-bond donors (Lipinski definition) is 1. The molecule has 1 aliphatic heterocycles. The molecule has 6 heteroatoms. The predicted octanol–water partition coefficient (Wildman–Crippen LogP) is -0.276. The summed E-state index contributed by atoms with van der Waals surface area (Å²) >= 11 is 0. The molecule has 0 aromatic rings. The van der Waals surface area contributed by atoms with E-state index in [0.717, 1.165) is 18.2 Å². The molecule has 0 aliphatic carbocycles. The number of cyclic esters (lactones) is 2. The van der Waals surface area contributed by atoms with Crippen LogP contribution in [0.1, 0.15) is 6.42 Å². The van der Waals surface area contributed by atoms with Crippen molar-refractivity contribution in [3.8, 4) is 0 Å². The topological polar surface area (TPSA) is 89.9 Å². The number of hydrogen-bond acceptors (Lipinski definition) is 6. The van der Waals surface area contributed by atoms with Crippen LogP contribution in [0.15, 0.2) is 24.8 Å². The molecule has 0 spiro atoms. The van der Waals surface area contributed by atoms with Crippen LogP contribution in [0.3, 0.4) is 0 Å². The zero-order chi connectivity index (χ0) is 12.4. The van der Waals surface area contributed by atoms with Crippen LogP contribution in [-0.2, 0) is 23.9 Å². The number of esters is 3. The fourth-order valence-corrected chi connectivity index (χ4v) is 0.600. The van der Waals surface area contributed by atoms with Crippen molar-refractivity contribution >= 4 is 17.9 Å². The Balaban J connectivity index is 0.000000288. The second-order valence-electron chi connectivity index (χ2n) is 2.52. The fourth-order valence-electron chi connectivity index (χ4n) is 0.600. The molecule has 0 radical (unpaired) electrons. The fraction of sp³-hybridized carbons (Fsp3) is 0.300. The summed E-state index contributed by atoms with van der Waals surface area (Å²) in [7, 11) is 0. The van der Waals surface area contributed by atoms with Gasteiger partial charge in [-0.2, -0.15) is 0 Å². The number of ether oxygens (including phenoxy) is 2. The summed E-state index contributed by atoms with van der Waals surface area (Å²) in [5.41, 5.74) is 0. The third kappa shape index (κ3) is 7.45. The summed E-state index contributed by atoms with van der Waals surface area (Å²) in [6.45, 7) is 3.51. The monoisotopic (exact) mass is 228 g/mol. The third-order valence-corrected chi connectivity index (χ3v) is 1.27. The minimum atomic E-state index is -0.579. The van der Waals surface area contributed by atoms with Crippen molar-refractivity contribution < 1.29 is 29.0 Å². The van der Waals surface area contributed by atoms with E-state index in [1.807, 2.05) is 0 Å². The van der Waals surface area contributed by atoms with Gasteiger partial charge < -0.3 is 14.6 Å². The summed E-state index contributed by atoms with van der Waals surface area (Å²) in [6.07, 6.45) is 3.75. The Hall–Kier alpha value is -1.95. The molecule has 0 aromatic carbocycles. The number of carbonyl (C=O) groups excluding carboxylic acids is 3. The second kappa shape index (κ2) is 8.37. The van der Waals surface area contributed by atoms with Gasteiger partial charge in [0, 0.05) is 31.3 Å². The summed E-state index contributed by atoms with van der Waals surface area (Å²) in [5, 5.41) is 8.23. The van der Waals surface area contributed by atoms with Crippen LogP contribution in [0.2, 0.25) is 0 Å². The number of rotatable bonds is 4. The average molecular weight is 228 g/mol. The third-order valence-electron chi connectivity index (χ3n) is 1.27. The maximum absolute atomic E-state index is 10.3. The van der Waals surface area contributed by atoms with Crippen molar-refractivity contribution in [3.05, 3.63) is 24.8 Å². The molecule has 0 saturated heterocycles. The quantitative estimate of drug-likeness (QED) is 0.308. The molecule has 1 N–H and O–H groups in total. The second-order valence-corrected chi connectivity index (χ2v) is 2.52. The SMILES string of the molecule is C=CC(=O)OCCCO.O=C1C=CC(=O)O1. The zero-order valence-corrected chi connectivity index (χ0v) is 8.55. The number of aliphatic hydroxyl groups excluding tert-OH is 1. The first-order valence-corrected chi connectivity index (χ1v) is 4.44. The van der Waals surface area contributed by atoms with Crippen molar-refractivity contribution in [3.63, 3.8) is 0 Å². The van der Waals surface area contributed by atoms with Crippen LogP contribution >= 0.6 is 0 Å². The summed E-state index contributed by atoms with van der Waals surface area (Å²) in [6, 6.07) is 0. The summed E-state index contributed by atoms with van der Waals surface area (Å²) in [5.74, 6) is -1.60. The van der Waals surface area contributed by atoms with Gasteiger partial charge in [-0.3, -0.25) is 0 Å². The number of carbonyl (C=O) groups is 3. The van der Waals surface area contributed by atoms with Gasteiger partial charge in [-0.15, -0.1) is 0 Å². The molecule has 16 heavy (non-hydrogen) atoms.